The second-order valence-corrected chi connectivity index (χ2v) is 14.0. The van der Waals surface area contributed by atoms with E-state index >= 15 is 4.39 Å². The number of benzene rings is 4. The van der Waals surface area contributed by atoms with Gasteiger partial charge in [-0.25, -0.2) is 32.2 Å². The summed E-state index contributed by atoms with van der Waals surface area (Å²) in [5.74, 6) is 0.0649. The molecule has 0 radical (unpaired) electrons. The van der Waals surface area contributed by atoms with E-state index in [1.807, 2.05) is 0 Å². The van der Waals surface area contributed by atoms with Gasteiger partial charge in [-0.15, -0.1) is 11.3 Å². The number of hydrogen-bond acceptors (Lipinski definition) is 9. The van der Waals surface area contributed by atoms with Crippen molar-refractivity contribution in [1.82, 2.24) is 20.3 Å². The van der Waals surface area contributed by atoms with Crippen molar-refractivity contribution in [2.75, 3.05) is 24.2 Å². The number of thiazole rings is 1. The maximum Gasteiger partial charge on any atom is 0.179 e. The Balaban J connectivity index is 1.10. The molecule has 2 heterocycles. The summed E-state index contributed by atoms with van der Waals surface area (Å²) in [6.07, 6.45) is 1.91. The zero-order valence-electron chi connectivity index (χ0n) is 24.8. The number of aromatic nitrogens is 3. The highest BCUT2D eigenvalue weighted by atomic mass is 35.5. The molecule has 0 fully saturated rings. The number of halogens is 3. The van der Waals surface area contributed by atoms with Crippen molar-refractivity contribution >= 4 is 55.2 Å². The number of hydrogen-bond donors (Lipinski definition) is 2. The van der Waals surface area contributed by atoms with Gasteiger partial charge >= 0.3 is 0 Å². The molecule has 0 bridgehead atoms. The Labute approximate surface area is 279 Å². The van der Waals surface area contributed by atoms with Gasteiger partial charge in [0, 0.05) is 47.6 Å². The van der Waals surface area contributed by atoms with Crippen LogP contribution in [0.3, 0.4) is 0 Å². The third-order valence-electron chi connectivity index (χ3n) is 7.20. The Morgan fingerprint density at radius 3 is 2.57 bits per heavy atom. The number of anilines is 2. The van der Waals surface area contributed by atoms with Crippen LogP contribution < -0.4 is 15.4 Å². The molecule has 0 unspecified atom stereocenters. The van der Waals surface area contributed by atoms with Gasteiger partial charge in [0.2, 0.25) is 0 Å². The maximum absolute atomic E-state index is 15.3. The predicted molar refractivity (Wildman–Crippen MR) is 181 cm³/mol. The van der Waals surface area contributed by atoms with Gasteiger partial charge in [0.05, 0.1) is 31.9 Å². The van der Waals surface area contributed by atoms with E-state index in [1.54, 1.807) is 72.1 Å². The topological polar surface area (TPSA) is 106 Å². The van der Waals surface area contributed by atoms with Crippen LogP contribution in [0, 0.1) is 11.6 Å². The zero-order valence-corrected chi connectivity index (χ0v) is 27.2. The summed E-state index contributed by atoms with van der Waals surface area (Å²) in [5, 5.41) is 9.89. The zero-order chi connectivity index (χ0) is 32.8. The minimum Gasteiger partial charge on any atom is -0.487 e. The van der Waals surface area contributed by atoms with Crippen molar-refractivity contribution in [2.24, 2.45) is 0 Å². The fourth-order valence-electron chi connectivity index (χ4n) is 4.82. The molecule has 2 aromatic heterocycles. The normalized spacial score (nSPS) is 11.6. The first-order chi connectivity index (χ1) is 22.7. The Morgan fingerprint density at radius 1 is 0.915 bits per heavy atom. The van der Waals surface area contributed by atoms with Crippen molar-refractivity contribution in [2.45, 2.75) is 17.9 Å². The molecule has 240 valence electrons. The van der Waals surface area contributed by atoms with Gasteiger partial charge in [-0.05, 0) is 54.1 Å². The molecule has 8 nitrogen and oxygen atoms in total. The van der Waals surface area contributed by atoms with Crippen molar-refractivity contribution in [3.8, 4) is 17.0 Å². The molecule has 6 rings (SSSR count). The molecule has 0 spiro atoms. The first kappa shape index (κ1) is 32.5. The molecule has 0 aliphatic heterocycles. The van der Waals surface area contributed by atoms with Crippen LogP contribution in [0.25, 0.3) is 22.2 Å². The van der Waals surface area contributed by atoms with Gasteiger partial charge < -0.3 is 15.4 Å². The van der Waals surface area contributed by atoms with Gasteiger partial charge in [0.15, 0.2) is 9.84 Å². The molecule has 2 N–H and O–H groups in total. The molecule has 13 heteroatoms. The standard InChI is InChI=1S/C34H28ClF2N5O3S2/c35-28-16-24(9-10-32(28)45-19-22-5-4-6-23(36)15-22)41-34-27-17-26(29(37)18-30(27)39-21-40-34)31-20-46-33(42-31)11-12-38-13-14-47(43,44)25-7-2-1-3-8-25/h1-10,15-18,20-21,38H,11-14,19H2,(H,39,40,41). The number of fused-ring (bicyclic) bond motifs is 1. The highest BCUT2D eigenvalue weighted by Crippen LogP contribution is 2.34. The lowest BCUT2D eigenvalue weighted by molar-refractivity contribution is 0.306. The minimum absolute atomic E-state index is 0.0123. The monoisotopic (exact) mass is 691 g/mol. The van der Waals surface area contributed by atoms with E-state index in [1.165, 1.54) is 35.9 Å². The third kappa shape index (κ3) is 8.09. The Kier molecular flexibility index (Phi) is 10.0. The van der Waals surface area contributed by atoms with Crippen molar-refractivity contribution in [3.63, 3.8) is 0 Å². The van der Waals surface area contributed by atoms with Gasteiger partial charge in [-0.1, -0.05) is 41.9 Å². The van der Waals surface area contributed by atoms with Gasteiger partial charge in [0.1, 0.15) is 36.1 Å². The Morgan fingerprint density at radius 2 is 1.77 bits per heavy atom. The molecular formula is C34H28ClF2N5O3S2. The van der Waals surface area contributed by atoms with E-state index in [0.717, 1.165) is 5.01 Å². The summed E-state index contributed by atoms with van der Waals surface area (Å²) in [6.45, 7) is 0.986. The largest absolute Gasteiger partial charge is 0.487 e. The van der Waals surface area contributed by atoms with Crippen LogP contribution in [-0.2, 0) is 22.9 Å². The SMILES string of the molecule is O=S(=O)(CCNCCc1nc(-c2cc3c(Nc4ccc(OCc5cccc(F)c5)c(Cl)c4)ncnc3cc2F)cs1)c1ccccc1. The highest BCUT2D eigenvalue weighted by Gasteiger charge is 2.16. The summed E-state index contributed by atoms with van der Waals surface area (Å²) in [5.41, 5.74) is 2.50. The maximum atomic E-state index is 15.3. The molecule has 6 aromatic rings. The number of sulfone groups is 1. The second-order valence-electron chi connectivity index (χ2n) is 10.5. The number of nitrogens with zero attached hydrogens (tertiary/aromatic N) is 3. The quantitative estimate of drug-likeness (QED) is 0.119. The highest BCUT2D eigenvalue weighted by molar-refractivity contribution is 7.91. The molecule has 0 atom stereocenters. The van der Waals surface area contributed by atoms with Gasteiger partial charge in [0.25, 0.3) is 0 Å². The van der Waals surface area contributed by atoms with E-state index in [0.29, 0.717) is 74.4 Å². The second kappa shape index (κ2) is 14.5. The van der Waals surface area contributed by atoms with Crippen molar-refractivity contribution in [3.05, 3.63) is 124 Å². The molecule has 4 aromatic carbocycles. The average Bonchev–Trinajstić information content (AvgIpc) is 3.53. The lowest BCUT2D eigenvalue weighted by Crippen LogP contribution is -2.25. The van der Waals surface area contributed by atoms with Crippen LogP contribution in [0.4, 0.5) is 20.3 Å². The number of ether oxygens (including phenoxy) is 1. The number of rotatable bonds is 13. The van der Waals surface area contributed by atoms with Crippen LogP contribution in [0.15, 0.2) is 102 Å². The van der Waals surface area contributed by atoms with E-state index in [4.69, 9.17) is 16.3 Å². The van der Waals surface area contributed by atoms with Crippen LogP contribution in [-0.4, -0.2) is 42.2 Å². The van der Waals surface area contributed by atoms with Crippen LogP contribution in [0.5, 0.6) is 5.75 Å². The Hall–Kier alpha value is -4.49. The summed E-state index contributed by atoms with van der Waals surface area (Å²) in [4.78, 5) is 13.5. The first-order valence-electron chi connectivity index (χ1n) is 14.6. The van der Waals surface area contributed by atoms with E-state index in [9.17, 15) is 12.8 Å². The predicted octanol–water partition coefficient (Wildman–Crippen LogP) is 7.61. The van der Waals surface area contributed by atoms with Crippen molar-refractivity contribution < 1.29 is 21.9 Å². The van der Waals surface area contributed by atoms with E-state index < -0.39 is 15.7 Å². The molecular weight excluding hydrogens is 664 g/mol. The number of nitrogens with one attached hydrogen (secondary N) is 2. The molecule has 0 saturated carbocycles. The Bertz CT molecular complexity index is 2130. The molecule has 47 heavy (non-hydrogen) atoms. The van der Waals surface area contributed by atoms with Gasteiger partial charge in [-0.2, -0.15) is 0 Å². The molecule has 0 saturated heterocycles. The molecule has 0 aliphatic carbocycles. The third-order valence-corrected chi connectivity index (χ3v) is 10.1. The fourth-order valence-corrected chi connectivity index (χ4v) is 7.07. The van der Waals surface area contributed by atoms with Gasteiger partial charge in [-0.3, -0.25) is 0 Å². The van der Waals surface area contributed by atoms with Crippen LogP contribution >= 0.6 is 22.9 Å². The van der Waals surface area contributed by atoms with E-state index in [2.05, 4.69) is 25.6 Å². The fraction of sp³-hybridized carbons (Fsp3) is 0.147. The smallest absolute Gasteiger partial charge is 0.179 e. The summed E-state index contributed by atoms with van der Waals surface area (Å²) >= 11 is 7.88. The van der Waals surface area contributed by atoms with E-state index in [-0.39, 0.29) is 18.2 Å². The average molecular weight is 692 g/mol. The summed E-state index contributed by atoms with van der Waals surface area (Å²) < 4.78 is 59.4. The van der Waals surface area contributed by atoms with Crippen LogP contribution in [0.1, 0.15) is 10.6 Å². The molecule has 0 aliphatic rings. The summed E-state index contributed by atoms with van der Waals surface area (Å²) in [7, 11) is -3.36. The molecule has 0 amide bonds. The minimum atomic E-state index is -3.36. The lowest BCUT2D eigenvalue weighted by atomic mass is 10.1. The van der Waals surface area contributed by atoms with Crippen molar-refractivity contribution in [1.29, 1.82) is 0 Å². The lowest BCUT2D eigenvalue weighted by Gasteiger charge is -2.12. The first-order valence-corrected chi connectivity index (χ1v) is 17.5. The summed E-state index contributed by atoms with van der Waals surface area (Å²) in [6, 6.07) is 22.7. The van der Waals surface area contributed by atoms with Crippen LogP contribution in [0.2, 0.25) is 5.02 Å².